The van der Waals surface area contributed by atoms with E-state index in [1.54, 1.807) is 0 Å². The molecule has 1 aromatic rings. The zero-order valence-corrected chi connectivity index (χ0v) is 12.6. The first-order chi connectivity index (χ1) is 10.1. The number of hydrogen-bond acceptors (Lipinski definition) is 3. The van der Waals surface area contributed by atoms with Crippen molar-refractivity contribution in [2.75, 3.05) is 25.0 Å². The monoisotopic (exact) mass is 289 g/mol. The van der Waals surface area contributed by atoms with Gasteiger partial charge in [-0.3, -0.25) is 9.59 Å². The molecule has 3 N–H and O–H groups in total. The molecule has 1 aliphatic heterocycles. The Labute approximate surface area is 125 Å². The van der Waals surface area contributed by atoms with Crippen molar-refractivity contribution in [1.29, 1.82) is 0 Å². The van der Waals surface area contributed by atoms with Crippen molar-refractivity contribution in [2.24, 2.45) is 5.92 Å². The highest BCUT2D eigenvalue weighted by Crippen LogP contribution is 2.30. The highest BCUT2D eigenvalue weighted by molar-refractivity contribution is 5.88. The molecule has 5 nitrogen and oxygen atoms in total. The Morgan fingerprint density at radius 1 is 1.29 bits per heavy atom. The van der Waals surface area contributed by atoms with Crippen LogP contribution in [0.2, 0.25) is 0 Å². The number of carbonyl (C=O) groups excluding carboxylic acids is 2. The average molecular weight is 289 g/mol. The van der Waals surface area contributed by atoms with E-state index < -0.39 is 0 Å². The minimum atomic E-state index is -0.167. The van der Waals surface area contributed by atoms with Gasteiger partial charge in [0, 0.05) is 31.7 Å². The van der Waals surface area contributed by atoms with Crippen molar-refractivity contribution in [2.45, 2.75) is 26.2 Å². The number of hydrogen-bond donors (Lipinski definition) is 3. The predicted octanol–water partition coefficient (Wildman–Crippen LogP) is 1.47. The number of para-hydroxylation sites is 1. The Morgan fingerprint density at radius 3 is 2.81 bits per heavy atom. The largest absolute Gasteiger partial charge is 0.384 e. The van der Waals surface area contributed by atoms with Crippen LogP contribution in [-0.2, 0) is 9.59 Å². The van der Waals surface area contributed by atoms with Crippen molar-refractivity contribution in [3.63, 3.8) is 0 Å². The molecule has 0 aromatic heterocycles. The third kappa shape index (κ3) is 4.21. The fraction of sp³-hybridized carbons (Fsp3) is 0.500. The number of amides is 2. The summed E-state index contributed by atoms with van der Waals surface area (Å²) < 4.78 is 0. The minimum absolute atomic E-state index is 0.0195. The molecular weight excluding hydrogens is 266 g/mol. The van der Waals surface area contributed by atoms with Gasteiger partial charge in [-0.05, 0) is 17.5 Å². The highest BCUT2D eigenvalue weighted by atomic mass is 16.2. The van der Waals surface area contributed by atoms with Crippen LogP contribution in [0.15, 0.2) is 24.3 Å². The van der Waals surface area contributed by atoms with Gasteiger partial charge in [-0.15, -0.1) is 0 Å². The van der Waals surface area contributed by atoms with E-state index in [1.165, 1.54) is 0 Å². The van der Waals surface area contributed by atoms with Gasteiger partial charge in [-0.2, -0.15) is 0 Å². The first-order valence-corrected chi connectivity index (χ1v) is 7.45. The lowest BCUT2D eigenvalue weighted by Gasteiger charge is -2.12. The summed E-state index contributed by atoms with van der Waals surface area (Å²) in [7, 11) is 0. The standard InChI is InChI=1S/C16H23N3O2/c1-11(2)9-19-15(20)7-8-17-16(21)13-10-18-14-6-4-3-5-12(13)14/h3-6,11,13,18H,7-10H2,1-2H3,(H,17,21)(H,19,20). The molecule has 1 atom stereocenters. The molecule has 1 aromatic carbocycles. The Balaban J connectivity index is 1.75. The van der Waals surface area contributed by atoms with Gasteiger partial charge >= 0.3 is 0 Å². The van der Waals surface area contributed by atoms with E-state index in [-0.39, 0.29) is 17.7 Å². The van der Waals surface area contributed by atoms with Crippen molar-refractivity contribution < 1.29 is 9.59 Å². The topological polar surface area (TPSA) is 70.2 Å². The number of carbonyl (C=O) groups is 2. The molecule has 0 saturated heterocycles. The van der Waals surface area contributed by atoms with Crippen molar-refractivity contribution in [1.82, 2.24) is 10.6 Å². The number of rotatable bonds is 6. The molecule has 0 radical (unpaired) electrons. The second kappa shape index (κ2) is 7.11. The molecule has 114 valence electrons. The van der Waals surface area contributed by atoms with Crippen LogP contribution < -0.4 is 16.0 Å². The van der Waals surface area contributed by atoms with E-state index in [0.717, 1.165) is 11.3 Å². The van der Waals surface area contributed by atoms with Crippen molar-refractivity contribution in [3.8, 4) is 0 Å². The molecule has 1 aliphatic rings. The quantitative estimate of drug-likeness (QED) is 0.743. The van der Waals surface area contributed by atoms with Crippen LogP contribution in [0.3, 0.4) is 0 Å². The van der Waals surface area contributed by atoms with E-state index in [1.807, 2.05) is 38.1 Å². The van der Waals surface area contributed by atoms with Crippen LogP contribution in [0.5, 0.6) is 0 Å². The molecule has 2 rings (SSSR count). The van der Waals surface area contributed by atoms with Gasteiger partial charge in [0.25, 0.3) is 0 Å². The Kier molecular flexibility index (Phi) is 5.20. The van der Waals surface area contributed by atoms with Crippen molar-refractivity contribution >= 4 is 17.5 Å². The molecule has 0 spiro atoms. The van der Waals surface area contributed by atoms with Crippen LogP contribution in [0, 0.1) is 5.92 Å². The molecule has 0 aliphatic carbocycles. The van der Waals surface area contributed by atoms with E-state index in [0.29, 0.717) is 32.0 Å². The van der Waals surface area contributed by atoms with Crippen LogP contribution in [0.25, 0.3) is 0 Å². The Bertz CT molecular complexity index is 514. The third-order valence-electron chi connectivity index (χ3n) is 3.51. The van der Waals surface area contributed by atoms with Crippen LogP contribution in [0.1, 0.15) is 31.7 Å². The molecular formula is C16H23N3O2. The van der Waals surface area contributed by atoms with Crippen LogP contribution >= 0.6 is 0 Å². The summed E-state index contributed by atoms with van der Waals surface area (Å²) in [5.41, 5.74) is 2.05. The maximum absolute atomic E-state index is 12.2. The molecule has 1 unspecified atom stereocenters. The van der Waals surface area contributed by atoms with E-state index in [2.05, 4.69) is 16.0 Å². The summed E-state index contributed by atoms with van der Waals surface area (Å²) in [5.74, 6) is 0.225. The Morgan fingerprint density at radius 2 is 2.05 bits per heavy atom. The smallest absolute Gasteiger partial charge is 0.229 e. The summed E-state index contributed by atoms with van der Waals surface area (Å²) in [4.78, 5) is 23.7. The second-order valence-electron chi connectivity index (χ2n) is 5.76. The first kappa shape index (κ1) is 15.4. The van der Waals surface area contributed by atoms with E-state index >= 15 is 0 Å². The summed E-state index contributed by atoms with van der Waals surface area (Å²) in [6.07, 6.45) is 0.320. The number of nitrogens with one attached hydrogen (secondary N) is 3. The maximum atomic E-state index is 12.2. The van der Waals surface area contributed by atoms with E-state index in [4.69, 9.17) is 0 Å². The highest BCUT2D eigenvalue weighted by Gasteiger charge is 2.27. The molecule has 0 saturated carbocycles. The van der Waals surface area contributed by atoms with E-state index in [9.17, 15) is 9.59 Å². The van der Waals surface area contributed by atoms with Gasteiger partial charge < -0.3 is 16.0 Å². The van der Waals surface area contributed by atoms with Gasteiger partial charge in [0.2, 0.25) is 11.8 Å². The van der Waals surface area contributed by atoms with Crippen LogP contribution in [-0.4, -0.2) is 31.4 Å². The first-order valence-electron chi connectivity index (χ1n) is 7.45. The minimum Gasteiger partial charge on any atom is -0.384 e. The molecule has 0 bridgehead atoms. The van der Waals surface area contributed by atoms with Crippen molar-refractivity contribution in [3.05, 3.63) is 29.8 Å². The number of anilines is 1. The molecule has 0 fully saturated rings. The fourth-order valence-corrected chi connectivity index (χ4v) is 2.35. The lowest BCUT2D eigenvalue weighted by atomic mass is 10.0. The Hall–Kier alpha value is -2.04. The fourth-order valence-electron chi connectivity index (χ4n) is 2.35. The lowest BCUT2D eigenvalue weighted by molar-refractivity contribution is -0.123. The number of fused-ring (bicyclic) bond motifs is 1. The predicted molar refractivity (Wildman–Crippen MR) is 83.1 cm³/mol. The number of benzene rings is 1. The second-order valence-corrected chi connectivity index (χ2v) is 5.76. The normalized spacial score (nSPS) is 16.2. The summed E-state index contributed by atoms with van der Waals surface area (Å²) in [6.45, 7) is 5.76. The third-order valence-corrected chi connectivity index (χ3v) is 3.51. The zero-order valence-electron chi connectivity index (χ0n) is 12.6. The SMILES string of the molecule is CC(C)CNC(=O)CCNC(=O)C1CNc2ccccc21. The van der Waals surface area contributed by atoms with Gasteiger partial charge in [-0.25, -0.2) is 0 Å². The molecule has 21 heavy (non-hydrogen) atoms. The lowest BCUT2D eigenvalue weighted by Crippen LogP contribution is -2.35. The van der Waals surface area contributed by atoms with Gasteiger partial charge in [0.05, 0.1) is 5.92 Å². The molecule has 1 heterocycles. The summed E-state index contributed by atoms with van der Waals surface area (Å²) in [6, 6.07) is 7.83. The summed E-state index contributed by atoms with van der Waals surface area (Å²) >= 11 is 0. The average Bonchev–Trinajstić information content (AvgIpc) is 2.89. The van der Waals surface area contributed by atoms with Gasteiger partial charge in [-0.1, -0.05) is 32.0 Å². The van der Waals surface area contributed by atoms with Gasteiger partial charge in [0.1, 0.15) is 0 Å². The van der Waals surface area contributed by atoms with Crippen LogP contribution in [0.4, 0.5) is 5.69 Å². The molecule has 5 heteroatoms. The zero-order chi connectivity index (χ0) is 15.2. The summed E-state index contributed by atoms with van der Waals surface area (Å²) in [5, 5.41) is 8.91. The molecule has 2 amide bonds. The maximum Gasteiger partial charge on any atom is 0.229 e. The van der Waals surface area contributed by atoms with Gasteiger partial charge in [0.15, 0.2) is 0 Å².